The molecular formula is C4H5ClO3. The monoisotopic (exact) mass is 136 g/mol. The summed E-state index contributed by atoms with van der Waals surface area (Å²) in [6, 6.07) is 0. The van der Waals surface area contributed by atoms with Crippen molar-refractivity contribution in [1.29, 1.82) is 0 Å². The number of halogens is 1. The third-order valence-electron chi connectivity index (χ3n) is 0.416. The molecule has 3 nitrogen and oxygen atoms in total. The Morgan fingerprint density at radius 2 is 2.38 bits per heavy atom. The maximum Gasteiger partial charge on any atom is 0.352 e. The molecular weight excluding hydrogens is 131 g/mol. The zero-order valence-corrected chi connectivity index (χ0v) is 5.01. The van der Waals surface area contributed by atoms with Gasteiger partial charge in [-0.3, -0.25) is 0 Å². The van der Waals surface area contributed by atoms with Crippen LogP contribution < -0.4 is 0 Å². The average Bonchev–Trinajstić information content (AvgIpc) is 1.83. The highest BCUT2D eigenvalue weighted by atomic mass is 35.5. The van der Waals surface area contributed by atoms with Crippen LogP contribution >= 0.6 is 11.9 Å². The van der Waals surface area contributed by atoms with Gasteiger partial charge >= 0.3 is 5.97 Å². The van der Waals surface area contributed by atoms with Crippen LogP contribution in [0.5, 0.6) is 0 Å². The predicted molar refractivity (Wildman–Crippen MR) is 28.1 cm³/mol. The van der Waals surface area contributed by atoms with Gasteiger partial charge < -0.3 is 9.03 Å². The number of hydrogen-bond donors (Lipinski definition) is 0. The van der Waals surface area contributed by atoms with E-state index in [1.807, 2.05) is 0 Å². The lowest BCUT2D eigenvalue weighted by atomic mass is 10.6. The minimum atomic E-state index is -0.645. The maximum atomic E-state index is 10.0. The van der Waals surface area contributed by atoms with Gasteiger partial charge in [0.05, 0.1) is 19.4 Å². The average molecular weight is 137 g/mol. The number of carbonyl (C=O) groups is 1. The molecule has 0 radical (unpaired) electrons. The fourth-order valence-corrected chi connectivity index (χ4v) is 0.201. The van der Waals surface area contributed by atoms with Crippen molar-refractivity contribution in [2.24, 2.45) is 0 Å². The van der Waals surface area contributed by atoms with Gasteiger partial charge in [0.15, 0.2) is 0 Å². The molecule has 0 aromatic rings. The lowest BCUT2D eigenvalue weighted by Gasteiger charge is -1.83. The van der Waals surface area contributed by atoms with E-state index in [1.165, 1.54) is 13.4 Å². The van der Waals surface area contributed by atoms with E-state index in [0.29, 0.717) is 0 Å². The van der Waals surface area contributed by atoms with Gasteiger partial charge in [0.2, 0.25) is 0 Å². The molecule has 0 saturated heterocycles. The van der Waals surface area contributed by atoms with E-state index in [9.17, 15) is 4.79 Å². The Bertz CT molecular complexity index is 99.5. The molecule has 8 heavy (non-hydrogen) atoms. The summed E-state index contributed by atoms with van der Waals surface area (Å²) >= 11 is 4.63. The number of hydrogen-bond acceptors (Lipinski definition) is 3. The summed E-state index contributed by atoms with van der Waals surface area (Å²) in [7, 11) is 1.41. The standard InChI is InChI=1S/C4H5ClO3/c1-7-3-2-4(6)8-5/h2-3H,1H3. The molecule has 4 heteroatoms. The first-order valence-electron chi connectivity index (χ1n) is 1.83. The summed E-state index contributed by atoms with van der Waals surface area (Å²) in [6.07, 6.45) is 2.23. The van der Waals surface area contributed by atoms with Crippen molar-refractivity contribution in [3.05, 3.63) is 12.3 Å². The third kappa shape index (κ3) is 3.49. The number of methoxy groups -OCH3 is 1. The van der Waals surface area contributed by atoms with E-state index in [4.69, 9.17) is 0 Å². The lowest BCUT2D eigenvalue weighted by molar-refractivity contribution is -0.128. The van der Waals surface area contributed by atoms with Crippen LogP contribution in [0.1, 0.15) is 0 Å². The zero-order chi connectivity index (χ0) is 6.41. The molecule has 0 aliphatic rings. The Morgan fingerprint density at radius 1 is 1.75 bits per heavy atom. The first-order chi connectivity index (χ1) is 3.81. The molecule has 46 valence electrons. The Balaban J connectivity index is 3.37. The van der Waals surface area contributed by atoms with Crippen LogP contribution in [0.2, 0.25) is 0 Å². The predicted octanol–water partition coefficient (Wildman–Crippen LogP) is 0.843. The lowest BCUT2D eigenvalue weighted by Crippen LogP contribution is -1.88. The zero-order valence-electron chi connectivity index (χ0n) is 4.26. The highest BCUT2D eigenvalue weighted by Gasteiger charge is 1.89. The number of carbonyl (C=O) groups excluding carboxylic acids is 1. The van der Waals surface area contributed by atoms with Gasteiger partial charge in [-0.15, -0.1) is 0 Å². The molecule has 0 heterocycles. The summed E-state index contributed by atoms with van der Waals surface area (Å²) < 4.78 is 8.09. The molecule has 0 aliphatic carbocycles. The summed E-state index contributed by atoms with van der Waals surface area (Å²) in [6.45, 7) is 0. The first kappa shape index (κ1) is 7.30. The van der Waals surface area contributed by atoms with Crippen LogP contribution in [-0.4, -0.2) is 13.1 Å². The highest BCUT2D eigenvalue weighted by molar-refractivity contribution is 6.14. The largest absolute Gasteiger partial charge is 0.504 e. The topological polar surface area (TPSA) is 35.5 Å². The first-order valence-corrected chi connectivity index (χ1v) is 2.14. The van der Waals surface area contributed by atoms with E-state index in [-0.39, 0.29) is 0 Å². The molecule has 0 bridgehead atoms. The molecule has 0 unspecified atom stereocenters. The van der Waals surface area contributed by atoms with Crippen molar-refractivity contribution < 1.29 is 13.8 Å². The van der Waals surface area contributed by atoms with Crippen molar-refractivity contribution in [2.75, 3.05) is 7.11 Å². The van der Waals surface area contributed by atoms with E-state index in [2.05, 4.69) is 20.9 Å². The van der Waals surface area contributed by atoms with Crippen molar-refractivity contribution in [2.45, 2.75) is 0 Å². The van der Waals surface area contributed by atoms with Crippen molar-refractivity contribution in [3.8, 4) is 0 Å². The second-order valence-electron chi connectivity index (χ2n) is 0.935. The summed E-state index contributed by atoms with van der Waals surface area (Å²) in [5.74, 6) is -0.645. The minimum Gasteiger partial charge on any atom is -0.504 e. The van der Waals surface area contributed by atoms with Crippen LogP contribution in [0.4, 0.5) is 0 Å². The SMILES string of the molecule is COC=CC(=O)OCl. The Labute approximate surface area is 52.0 Å². The number of ether oxygens (including phenoxy) is 1. The Morgan fingerprint density at radius 3 is 2.75 bits per heavy atom. The number of rotatable bonds is 2. The van der Waals surface area contributed by atoms with E-state index in [1.54, 1.807) is 0 Å². The van der Waals surface area contributed by atoms with Gasteiger partial charge in [-0.25, -0.2) is 4.79 Å². The van der Waals surface area contributed by atoms with Gasteiger partial charge in [-0.05, 0) is 0 Å². The second-order valence-corrected chi connectivity index (χ2v) is 1.09. The van der Waals surface area contributed by atoms with Gasteiger partial charge in [-0.1, -0.05) is 0 Å². The molecule has 0 saturated carbocycles. The maximum absolute atomic E-state index is 10.0. The normalized spacial score (nSPS) is 9.25. The van der Waals surface area contributed by atoms with E-state index in [0.717, 1.165) is 6.08 Å². The quantitative estimate of drug-likeness (QED) is 0.417. The molecule has 0 aliphatic heterocycles. The smallest absolute Gasteiger partial charge is 0.352 e. The summed E-state index contributed by atoms with van der Waals surface area (Å²) in [5, 5.41) is 0. The summed E-state index contributed by atoms with van der Waals surface area (Å²) in [5.41, 5.74) is 0. The fraction of sp³-hybridized carbons (Fsp3) is 0.250. The van der Waals surface area contributed by atoms with Gasteiger partial charge in [0.25, 0.3) is 0 Å². The van der Waals surface area contributed by atoms with E-state index >= 15 is 0 Å². The van der Waals surface area contributed by atoms with Crippen LogP contribution in [0.25, 0.3) is 0 Å². The minimum absolute atomic E-state index is 0.645. The molecule has 0 N–H and O–H groups in total. The molecule has 0 rings (SSSR count). The van der Waals surface area contributed by atoms with Crippen molar-refractivity contribution in [3.63, 3.8) is 0 Å². The van der Waals surface area contributed by atoms with Crippen LogP contribution in [-0.2, 0) is 13.8 Å². The molecule has 0 fully saturated rings. The fourth-order valence-electron chi connectivity index (χ4n) is 0.149. The highest BCUT2D eigenvalue weighted by Crippen LogP contribution is 1.83. The Hall–Kier alpha value is -0.700. The molecule has 0 aromatic carbocycles. The molecule has 0 atom stereocenters. The Kier molecular flexibility index (Phi) is 4.07. The third-order valence-corrected chi connectivity index (χ3v) is 0.568. The van der Waals surface area contributed by atoms with Crippen molar-refractivity contribution in [1.82, 2.24) is 0 Å². The molecule has 0 aromatic heterocycles. The second kappa shape index (κ2) is 4.46. The van der Waals surface area contributed by atoms with Crippen LogP contribution in [0.3, 0.4) is 0 Å². The van der Waals surface area contributed by atoms with Crippen LogP contribution in [0.15, 0.2) is 12.3 Å². The van der Waals surface area contributed by atoms with Gasteiger partial charge in [0.1, 0.15) is 11.9 Å². The van der Waals surface area contributed by atoms with Gasteiger partial charge in [0, 0.05) is 0 Å². The van der Waals surface area contributed by atoms with Crippen molar-refractivity contribution >= 4 is 17.8 Å². The van der Waals surface area contributed by atoms with E-state index < -0.39 is 5.97 Å². The molecule has 0 spiro atoms. The van der Waals surface area contributed by atoms with Gasteiger partial charge in [-0.2, -0.15) is 0 Å². The van der Waals surface area contributed by atoms with Crippen LogP contribution in [0, 0.1) is 0 Å². The molecule has 0 amide bonds. The summed E-state index contributed by atoms with van der Waals surface area (Å²) in [4.78, 5) is 10.0.